The average Bonchev–Trinajstić information content (AvgIpc) is 1.77. The van der Waals surface area contributed by atoms with Gasteiger partial charge in [0.05, 0.1) is 0 Å². The van der Waals surface area contributed by atoms with Crippen molar-refractivity contribution in [1.29, 1.82) is 0 Å². The molecule has 0 nitrogen and oxygen atoms in total. The topological polar surface area (TPSA) is 0 Å². The Bertz CT molecular complexity index is 101. The van der Waals surface area contributed by atoms with E-state index in [4.69, 9.17) is 0 Å². The zero-order valence-corrected chi connectivity index (χ0v) is 5.57. The molecule has 0 heterocycles. The Balaban J connectivity index is 2.42. The van der Waals surface area contributed by atoms with Gasteiger partial charge >= 0.3 is 0 Å². The van der Waals surface area contributed by atoms with Crippen LogP contribution >= 0.6 is 0 Å². The summed E-state index contributed by atoms with van der Waals surface area (Å²) in [6, 6.07) is 0. The van der Waals surface area contributed by atoms with Crippen molar-refractivity contribution in [3.63, 3.8) is 0 Å². The second-order valence-electron chi connectivity index (χ2n) is 2.52. The van der Waals surface area contributed by atoms with Crippen LogP contribution in [0.1, 0.15) is 26.7 Å². The number of rotatable bonds is 0. The summed E-state index contributed by atoms with van der Waals surface area (Å²) in [6.07, 6.45) is 6.95. The van der Waals surface area contributed by atoms with Crippen LogP contribution < -0.4 is 0 Å². The average molecular weight is 108 g/mol. The zero-order valence-electron chi connectivity index (χ0n) is 5.57. The summed E-state index contributed by atoms with van der Waals surface area (Å²) >= 11 is 0. The molecule has 0 fully saturated rings. The Morgan fingerprint density at radius 3 is 2.38 bits per heavy atom. The summed E-state index contributed by atoms with van der Waals surface area (Å²) in [6.45, 7) is 4.37. The van der Waals surface area contributed by atoms with E-state index < -0.39 is 0 Å². The van der Waals surface area contributed by atoms with Crippen LogP contribution in [0, 0.1) is 12.3 Å². The summed E-state index contributed by atoms with van der Waals surface area (Å²) in [7, 11) is 0. The van der Waals surface area contributed by atoms with E-state index in [9.17, 15) is 0 Å². The van der Waals surface area contributed by atoms with Crippen LogP contribution in [-0.4, -0.2) is 0 Å². The highest BCUT2D eigenvalue weighted by atomic mass is 14.1. The molecular weight excluding hydrogens is 96.1 g/mol. The summed E-state index contributed by atoms with van der Waals surface area (Å²) in [5, 5.41) is 0. The van der Waals surface area contributed by atoms with Crippen molar-refractivity contribution in [2.45, 2.75) is 26.7 Å². The van der Waals surface area contributed by atoms with Crippen LogP contribution in [0.25, 0.3) is 0 Å². The van der Waals surface area contributed by atoms with E-state index in [1.807, 2.05) is 0 Å². The molecule has 0 spiro atoms. The lowest BCUT2D eigenvalue weighted by molar-refractivity contribution is 0.840. The molecule has 1 aliphatic carbocycles. The molecule has 0 aromatic rings. The van der Waals surface area contributed by atoms with Crippen LogP contribution in [0.15, 0.2) is 11.6 Å². The third-order valence-corrected chi connectivity index (χ3v) is 1.54. The Hall–Kier alpha value is -0.260. The van der Waals surface area contributed by atoms with Gasteiger partial charge in [-0.15, -0.1) is 0 Å². The minimum absolute atomic E-state index is 1.20. The first kappa shape index (κ1) is 5.87. The molecule has 0 saturated heterocycles. The van der Waals surface area contributed by atoms with Gasteiger partial charge in [0.1, 0.15) is 0 Å². The van der Waals surface area contributed by atoms with Crippen LogP contribution in [-0.2, 0) is 0 Å². The quantitative estimate of drug-likeness (QED) is 0.447. The molecule has 0 heteroatoms. The fourth-order valence-electron chi connectivity index (χ4n) is 0.837. The van der Waals surface area contributed by atoms with Gasteiger partial charge < -0.3 is 0 Å². The van der Waals surface area contributed by atoms with Gasteiger partial charge in [-0.1, -0.05) is 18.6 Å². The lowest BCUT2D eigenvalue weighted by Gasteiger charge is -2.13. The van der Waals surface area contributed by atoms with Gasteiger partial charge in [0.2, 0.25) is 0 Å². The van der Waals surface area contributed by atoms with Gasteiger partial charge in [-0.2, -0.15) is 0 Å². The predicted octanol–water partition coefficient (Wildman–Crippen LogP) is 2.53. The third-order valence-electron chi connectivity index (χ3n) is 1.54. The number of hydrogen-bond donors (Lipinski definition) is 0. The minimum Gasteiger partial charge on any atom is -0.0847 e. The lowest BCUT2D eigenvalue weighted by Crippen LogP contribution is -1.97. The standard InChI is InChI=1S/C8H12/c1-7-3-5-8(2)6-4-7/h3-4H,5-6H2,1-2H3. The molecule has 1 aliphatic rings. The summed E-state index contributed by atoms with van der Waals surface area (Å²) in [4.78, 5) is 0. The minimum atomic E-state index is 1.20. The SMILES string of the molecule is C[C]1C[CH]C(C)=CC1. The molecular formula is C8H12. The predicted molar refractivity (Wildman–Crippen MR) is 36.2 cm³/mol. The molecule has 2 radical (unpaired) electrons. The molecule has 1 rings (SSSR count). The molecule has 8 heavy (non-hydrogen) atoms. The Kier molecular flexibility index (Phi) is 1.72. The first-order chi connectivity index (χ1) is 3.79. The van der Waals surface area contributed by atoms with Crippen LogP contribution in [0.3, 0.4) is 0 Å². The molecule has 0 bridgehead atoms. The van der Waals surface area contributed by atoms with E-state index in [0.29, 0.717) is 0 Å². The smallest absolute Gasteiger partial charge is 0.0135 e. The molecule has 0 amide bonds. The molecule has 0 aromatic heterocycles. The zero-order chi connectivity index (χ0) is 5.98. The number of allylic oxidation sites excluding steroid dienone is 2. The van der Waals surface area contributed by atoms with Crippen LogP contribution in [0.4, 0.5) is 0 Å². The molecule has 0 N–H and O–H groups in total. The highest BCUT2D eigenvalue weighted by Gasteiger charge is 2.06. The fraction of sp³-hybridized carbons (Fsp3) is 0.500. The maximum Gasteiger partial charge on any atom is -0.0135 e. The maximum atomic E-state index is 2.28. The van der Waals surface area contributed by atoms with E-state index in [1.165, 1.54) is 18.4 Å². The summed E-state index contributed by atoms with van der Waals surface area (Å²) in [5.74, 6) is 1.58. The van der Waals surface area contributed by atoms with Gasteiger partial charge in [-0.25, -0.2) is 0 Å². The van der Waals surface area contributed by atoms with Crippen molar-refractivity contribution in [3.8, 4) is 0 Å². The Morgan fingerprint density at radius 2 is 2.00 bits per heavy atom. The van der Waals surface area contributed by atoms with Crippen molar-refractivity contribution in [3.05, 3.63) is 24.0 Å². The van der Waals surface area contributed by atoms with Crippen molar-refractivity contribution < 1.29 is 0 Å². The fourth-order valence-corrected chi connectivity index (χ4v) is 0.837. The molecule has 0 atom stereocenters. The summed E-state index contributed by atoms with van der Waals surface area (Å²) < 4.78 is 0. The number of hydrogen-bond acceptors (Lipinski definition) is 0. The largest absolute Gasteiger partial charge is 0.0847 e. The highest BCUT2D eigenvalue weighted by Crippen LogP contribution is 2.22. The van der Waals surface area contributed by atoms with Crippen LogP contribution in [0.5, 0.6) is 0 Å². The molecule has 0 aromatic carbocycles. The first-order valence-corrected chi connectivity index (χ1v) is 3.10. The third kappa shape index (κ3) is 1.36. The maximum absolute atomic E-state index is 2.28. The Labute approximate surface area is 51.6 Å². The second-order valence-corrected chi connectivity index (χ2v) is 2.52. The van der Waals surface area contributed by atoms with E-state index in [-0.39, 0.29) is 0 Å². The Morgan fingerprint density at radius 1 is 1.25 bits per heavy atom. The van der Waals surface area contributed by atoms with Crippen molar-refractivity contribution in [1.82, 2.24) is 0 Å². The van der Waals surface area contributed by atoms with Gasteiger partial charge in [0.15, 0.2) is 0 Å². The monoisotopic (exact) mass is 108 g/mol. The normalized spacial score (nSPS) is 23.0. The summed E-state index contributed by atoms with van der Waals surface area (Å²) in [5.41, 5.74) is 1.44. The van der Waals surface area contributed by atoms with E-state index >= 15 is 0 Å². The first-order valence-electron chi connectivity index (χ1n) is 3.10. The van der Waals surface area contributed by atoms with E-state index in [1.54, 1.807) is 5.92 Å². The molecule has 0 unspecified atom stereocenters. The van der Waals surface area contributed by atoms with Gasteiger partial charge in [0, 0.05) is 0 Å². The molecule has 44 valence electrons. The van der Waals surface area contributed by atoms with Crippen LogP contribution in [0.2, 0.25) is 0 Å². The second kappa shape index (κ2) is 2.34. The lowest BCUT2D eigenvalue weighted by atomic mass is 9.92. The van der Waals surface area contributed by atoms with E-state index in [0.717, 1.165) is 0 Å². The van der Waals surface area contributed by atoms with Crippen molar-refractivity contribution in [2.75, 3.05) is 0 Å². The van der Waals surface area contributed by atoms with E-state index in [2.05, 4.69) is 26.3 Å². The van der Waals surface area contributed by atoms with Gasteiger partial charge in [-0.05, 0) is 32.1 Å². The van der Waals surface area contributed by atoms with Gasteiger partial charge in [-0.3, -0.25) is 0 Å². The van der Waals surface area contributed by atoms with Crippen molar-refractivity contribution in [2.24, 2.45) is 0 Å². The van der Waals surface area contributed by atoms with Gasteiger partial charge in [0.25, 0.3) is 0 Å². The highest BCUT2D eigenvalue weighted by molar-refractivity contribution is 5.20. The van der Waals surface area contributed by atoms with Crippen molar-refractivity contribution >= 4 is 0 Å². The molecule has 0 aliphatic heterocycles. The molecule has 0 saturated carbocycles.